The predicted molar refractivity (Wildman–Crippen MR) is 144 cm³/mol. The minimum absolute atomic E-state index is 0.137. The number of carboxylic acid groups (broad SMARTS) is 3. The van der Waals surface area contributed by atoms with Gasteiger partial charge in [0.2, 0.25) is 0 Å². The van der Waals surface area contributed by atoms with Crippen molar-refractivity contribution in [3.63, 3.8) is 0 Å². The molecule has 1 aliphatic heterocycles. The number of nitrogens with zero attached hydrogens (tertiary/aromatic N) is 1. The number of hydrogen-bond donors (Lipinski definition) is 5. The van der Waals surface area contributed by atoms with Crippen molar-refractivity contribution in [2.45, 2.75) is 78.1 Å². The summed E-state index contributed by atoms with van der Waals surface area (Å²) in [4.78, 5) is 44.8. The Hall–Kier alpha value is -3.18. The van der Waals surface area contributed by atoms with E-state index < -0.39 is 30.0 Å². The monoisotopic (exact) mass is 539 g/mol. The van der Waals surface area contributed by atoms with Crippen LogP contribution in [-0.2, 0) is 25.7 Å². The number of carbonyl (C=O) groups excluding carboxylic acids is 1. The summed E-state index contributed by atoms with van der Waals surface area (Å²) in [6.45, 7) is 8.84. The second kappa shape index (κ2) is 19.0. The molecule has 1 aromatic rings. The first-order valence-electron chi connectivity index (χ1n) is 12.8. The molecule has 0 bridgehead atoms. The van der Waals surface area contributed by atoms with Gasteiger partial charge < -0.3 is 30.7 Å². The molecule has 38 heavy (non-hydrogen) atoms. The van der Waals surface area contributed by atoms with Crippen LogP contribution >= 0.6 is 0 Å². The molecule has 0 aliphatic carbocycles. The number of ether oxygens (including phenoxy) is 1. The molecule has 0 saturated carbocycles. The van der Waals surface area contributed by atoms with E-state index >= 15 is 0 Å². The summed E-state index contributed by atoms with van der Waals surface area (Å²) in [7, 11) is 3.12. The van der Waals surface area contributed by atoms with Crippen LogP contribution in [0.1, 0.15) is 58.9 Å². The Labute approximate surface area is 225 Å². The zero-order chi connectivity index (χ0) is 29.3. The minimum Gasteiger partial charge on any atom is -0.480 e. The van der Waals surface area contributed by atoms with Crippen LogP contribution in [0.25, 0.3) is 0 Å². The molecule has 0 spiro atoms. The number of hydrogen-bond acceptors (Lipinski definition) is 7. The molecule has 1 heterocycles. The number of amides is 1. The average molecular weight is 540 g/mol. The van der Waals surface area contributed by atoms with E-state index in [0.29, 0.717) is 18.8 Å². The van der Waals surface area contributed by atoms with E-state index in [0.717, 1.165) is 29.8 Å². The van der Waals surface area contributed by atoms with Crippen LogP contribution in [0.15, 0.2) is 30.3 Å². The lowest BCUT2D eigenvalue weighted by molar-refractivity contribution is -0.143. The van der Waals surface area contributed by atoms with Gasteiger partial charge >= 0.3 is 24.0 Å². The van der Waals surface area contributed by atoms with Gasteiger partial charge in [-0.25, -0.2) is 9.59 Å². The van der Waals surface area contributed by atoms with Crippen molar-refractivity contribution in [2.24, 2.45) is 11.8 Å². The number of benzene rings is 1. The topological polar surface area (TPSA) is 166 Å². The smallest absolute Gasteiger partial charge is 0.410 e. The number of carbonyl (C=O) groups is 4. The Morgan fingerprint density at radius 3 is 1.92 bits per heavy atom. The molecule has 1 aliphatic rings. The molecule has 1 saturated heterocycles. The first-order valence-corrected chi connectivity index (χ1v) is 12.8. The molecule has 1 aromatic carbocycles. The standard InChI is InChI=1S/C15H21NO4.C7H15NO2.C5H9NO2/c1-11(2)9-13(14(17)18)16(3)15(19)20-10-12-7-5-4-6-8-12;1-5(2)4-6(8-3)7(9)10;7-5(8)4-2-1-3-6-4/h4-8,11,13H,9-10H2,1-3H3,(H,17,18);5-6,8H,4H2,1-3H3,(H,9,10);4,6H,1-3H2,(H,7,8)/t13-;6-;4-/m000/s1. The maximum Gasteiger partial charge on any atom is 0.410 e. The number of likely N-dealkylation sites (N-methyl/N-ethyl adjacent to an activating group) is 2. The van der Waals surface area contributed by atoms with Crippen molar-refractivity contribution in [1.82, 2.24) is 15.5 Å². The maximum absolute atomic E-state index is 11.9. The second-order valence-corrected chi connectivity index (χ2v) is 9.93. The van der Waals surface area contributed by atoms with Crippen LogP contribution in [0, 0.1) is 11.8 Å². The van der Waals surface area contributed by atoms with E-state index in [1.54, 1.807) is 7.05 Å². The number of nitrogens with one attached hydrogen (secondary N) is 2. The lowest BCUT2D eigenvalue weighted by Crippen LogP contribution is -2.43. The summed E-state index contributed by atoms with van der Waals surface area (Å²) < 4.78 is 5.13. The Kier molecular flexibility index (Phi) is 17.4. The van der Waals surface area contributed by atoms with E-state index in [-0.39, 0.29) is 24.6 Å². The van der Waals surface area contributed by atoms with Crippen LogP contribution in [0.5, 0.6) is 0 Å². The van der Waals surface area contributed by atoms with Crippen LogP contribution in [0.3, 0.4) is 0 Å². The van der Waals surface area contributed by atoms with Crippen LogP contribution in [-0.4, -0.2) is 83.0 Å². The fourth-order valence-corrected chi connectivity index (χ4v) is 3.53. The van der Waals surface area contributed by atoms with Gasteiger partial charge in [-0.3, -0.25) is 14.5 Å². The molecule has 0 radical (unpaired) electrons. The normalized spacial score (nSPS) is 15.8. The molecular formula is C27H45N3O8. The summed E-state index contributed by atoms with van der Waals surface area (Å²) >= 11 is 0. The minimum atomic E-state index is -1.02. The van der Waals surface area contributed by atoms with E-state index in [2.05, 4.69) is 10.6 Å². The lowest BCUT2D eigenvalue weighted by Gasteiger charge is -2.25. The lowest BCUT2D eigenvalue weighted by atomic mass is 10.0. The van der Waals surface area contributed by atoms with Gasteiger partial charge in [0.15, 0.2) is 0 Å². The molecule has 11 nitrogen and oxygen atoms in total. The van der Waals surface area contributed by atoms with Crippen LogP contribution in [0.2, 0.25) is 0 Å². The average Bonchev–Trinajstić information content (AvgIpc) is 3.40. The van der Waals surface area contributed by atoms with E-state index in [9.17, 15) is 24.3 Å². The highest BCUT2D eigenvalue weighted by molar-refractivity contribution is 5.79. The van der Waals surface area contributed by atoms with Crippen molar-refractivity contribution < 1.29 is 39.2 Å². The third-order valence-electron chi connectivity index (χ3n) is 5.65. The third-order valence-corrected chi connectivity index (χ3v) is 5.65. The molecule has 216 valence electrons. The van der Waals surface area contributed by atoms with Crippen LogP contribution in [0.4, 0.5) is 4.79 Å². The highest BCUT2D eigenvalue weighted by Crippen LogP contribution is 2.13. The number of carboxylic acids is 3. The third kappa shape index (κ3) is 15.2. The Morgan fingerprint density at radius 2 is 1.58 bits per heavy atom. The molecule has 3 atom stereocenters. The van der Waals surface area contributed by atoms with Crippen LogP contribution < -0.4 is 10.6 Å². The summed E-state index contributed by atoms with van der Waals surface area (Å²) in [5.74, 6) is -1.90. The van der Waals surface area contributed by atoms with E-state index in [4.69, 9.17) is 14.9 Å². The van der Waals surface area contributed by atoms with Gasteiger partial charge in [0, 0.05) is 7.05 Å². The molecule has 5 N–H and O–H groups in total. The summed E-state index contributed by atoms with van der Waals surface area (Å²) in [5, 5.41) is 31.7. The summed E-state index contributed by atoms with van der Waals surface area (Å²) in [6, 6.07) is 7.75. The zero-order valence-corrected chi connectivity index (χ0v) is 23.3. The molecule has 1 amide bonds. The van der Waals surface area contributed by atoms with Crippen molar-refractivity contribution in [3.8, 4) is 0 Å². The molecule has 2 rings (SSSR count). The fourth-order valence-electron chi connectivity index (χ4n) is 3.53. The predicted octanol–water partition coefficient (Wildman–Crippen LogP) is 3.28. The van der Waals surface area contributed by atoms with Gasteiger partial charge in [0.25, 0.3) is 0 Å². The largest absolute Gasteiger partial charge is 0.480 e. The second-order valence-electron chi connectivity index (χ2n) is 9.93. The number of aliphatic carboxylic acids is 3. The summed E-state index contributed by atoms with van der Waals surface area (Å²) in [5.41, 5.74) is 0.866. The van der Waals surface area contributed by atoms with Crippen molar-refractivity contribution in [1.29, 1.82) is 0 Å². The Morgan fingerprint density at radius 1 is 1.00 bits per heavy atom. The van der Waals surface area contributed by atoms with Crippen molar-refractivity contribution >= 4 is 24.0 Å². The van der Waals surface area contributed by atoms with Gasteiger partial charge in [0.1, 0.15) is 24.7 Å². The molecular weight excluding hydrogens is 494 g/mol. The highest BCUT2D eigenvalue weighted by Gasteiger charge is 2.28. The van der Waals surface area contributed by atoms with E-state index in [1.165, 1.54) is 7.05 Å². The van der Waals surface area contributed by atoms with Crippen molar-refractivity contribution in [2.75, 3.05) is 20.6 Å². The van der Waals surface area contributed by atoms with Gasteiger partial charge in [-0.15, -0.1) is 0 Å². The van der Waals surface area contributed by atoms with Gasteiger partial charge in [-0.2, -0.15) is 0 Å². The zero-order valence-electron chi connectivity index (χ0n) is 23.3. The fraction of sp³-hybridized carbons (Fsp3) is 0.630. The number of rotatable bonds is 11. The Balaban J connectivity index is 0.000000629. The summed E-state index contributed by atoms with van der Waals surface area (Å²) in [6.07, 6.45) is 2.24. The van der Waals surface area contributed by atoms with Gasteiger partial charge in [0.05, 0.1) is 0 Å². The molecule has 11 heteroatoms. The quantitative estimate of drug-likeness (QED) is 0.282. The van der Waals surface area contributed by atoms with E-state index in [1.807, 2.05) is 58.0 Å². The Bertz CT molecular complexity index is 842. The first-order chi connectivity index (χ1) is 17.8. The SMILES string of the molecule is CC(C)C[C@@H](C(=O)O)N(C)C(=O)OCc1ccccc1.CN[C@@H](CC(C)C)C(=O)O.O=C(O)[C@@H]1CCCN1. The van der Waals surface area contributed by atoms with Crippen molar-refractivity contribution in [3.05, 3.63) is 35.9 Å². The molecule has 1 fully saturated rings. The van der Waals surface area contributed by atoms with Gasteiger partial charge in [-0.05, 0) is 56.7 Å². The highest BCUT2D eigenvalue weighted by atomic mass is 16.6. The first kappa shape index (κ1) is 34.8. The molecule has 0 unspecified atom stereocenters. The maximum atomic E-state index is 11.9. The van der Waals surface area contributed by atoms with Gasteiger partial charge in [-0.1, -0.05) is 58.0 Å². The molecule has 0 aromatic heterocycles.